The maximum atomic E-state index is 12.6. The van der Waals surface area contributed by atoms with Gasteiger partial charge in [-0.05, 0) is 47.2 Å². The van der Waals surface area contributed by atoms with Gasteiger partial charge in [-0.25, -0.2) is 0 Å². The normalized spacial score (nSPS) is 15.9. The van der Waals surface area contributed by atoms with Gasteiger partial charge in [-0.1, -0.05) is 15.9 Å². The van der Waals surface area contributed by atoms with E-state index in [2.05, 4.69) is 38.5 Å². The van der Waals surface area contributed by atoms with E-state index in [0.717, 1.165) is 26.6 Å². The Hall–Kier alpha value is -0.630. The van der Waals surface area contributed by atoms with E-state index in [4.69, 9.17) is 0 Å². The van der Waals surface area contributed by atoms with Crippen molar-refractivity contribution in [1.29, 1.82) is 0 Å². The van der Waals surface area contributed by atoms with Gasteiger partial charge in [0.05, 0.1) is 5.56 Å². The lowest BCUT2D eigenvalue weighted by Crippen LogP contribution is -2.36. The summed E-state index contributed by atoms with van der Waals surface area (Å²) in [5.41, 5.74) is 0.719. The predicted octanol–water partition coefficient (Wildman–Crippen LogP) is 2.75. The van der Waals surface area contributed by atoms with Crippen molar-refractivity contribution in [2.24, 2.45) is 0 Å². The lowest BCUT2D eigenvalue weighted by atomic mass is 10.2. The first-order valence-electron chi connectivity index (χ1n) is 6.49. The van der Waals surface area contributed by atoms with E-state index in [1.807, 2.05) is 23.1 Å². The Labute approximate surface area is 140 Å². The van der Waals surface area contributed by atoms with Crippen LogP contribution in [-0.4, -0.2) is 47.8 Å². The summed E-state index contributed by atoms with van der Waals surface area (Å²) in [6.45, 7) is 4.22. The van der Waals surface area contributed by atoms with Crippen LogP contribution in [0.25, 0.3) is 0 Å². The molecule has 0 bridgehead atoms. The zero-order chi connectivity index (χ0) is 14.7. The van der Waals surface area contributed by atoms with Crippen molar-refractivity contribution in [2.45, 2.75) is 13.3 Å². The highest BCUT2D eigenvalue weighted by Crippen LogP contribution is 2.20. The fourth-order valence-electron chi connectivity index (χ4n) is 2.27. The standard InChI is InChI=1S/C14H16BrIN2O2/c1-10(19)17-5-2-6-18(8-7-17)14(20)12-9-11(15)3-4-13(12)16/h3-4,9H,2,5-8H2,1H3. The average Bonchev–Trinajstić information content (AvgIpc) is 2.66. The number of hydrogen-bond acceptors (Lipinski definition) is 2. The molecule has 20 heavy (non-hydrogen) atoms. The lowest BCUT2D eigenvalue weighted by Gasteiger charge is -2.22. The third-order valence-corrected chi connectivity index (χ3v) is 4.82. The molecule has 4 nitrogen and oxygen atoms in total. The minimum absolute atomic E-state index is 0.0427. The van der Waals surface area contributed by atoms with Gasteiger partial charge in [0.25, 0.3) is 5.91 Å². The summed E-state index contributed by atoms with van der Waals surface area (Å²) in [4.78, 5) is 27.7. The van der Waals surface area contributed by atoms with Crippen molar-refractivity contribution in [1.82, 2.24) is 9.80 Å². The monoisotopic (exact) mass is 450 g/mol. The molecule has 1 heterocycles. The fraction of sp³-hybridized carbons (Fsp3) is 0.429. The molecule has 1 saturated heterocycles. The van der Waals surface area contributed by atoms with Crippen molar-refractivity contribution < 1.29 is 9.59 Å². The summed E-state index contributed by atoms with van der Waals surface area (Å²) in [6.07, 6.45) is 0.829. The van der Waals surface area contributed by atoms with Crippen molar-refractivity contribution >= 4 is 50.3 Å². The molecule has 0 radical (unpaired) electrons. The van der Waals surface area contributed by atoms with Crippen LogP contribution < -0.4 is 0 Å². The number of hydrogen-bond donors (Lipinski definition) is 0. The molecular formula is C14H16BrIN2O2. The molecule has 1 aliphatic heterocycles. The lowest BCUT2D eigenvalue weighted by molar-refractivity contribution is -0.128. The SMILES string of the molecule is CC(=O)N1CCCN(C(=O)c2cc(Br)ccc2I)CC1. The van der Waals surface area contributed by atoms with E-state index in [0.29, 0.717) is 19.6 Å². The van der Waals surface area contributed by atoms with Gasteiger partial charge >= 0.3 is 0 Å². The summed E-state index contributed by atoms with van der Waals surface area (Å²) in [5, 5.41) is 0. The third-order valence-electron chi connectivity index (χ3n) is 3.39. The van der Waals surface area contributed by atoms with Crippen LogP contribution in [0.15, 0.2) is 22.7 Å². The van der Waals surface area contributed by atoms with E-state index >= 15 is 0 Å². The molecule has 1 aliphatic rings. The van der Waals surface area contributed by atoms with Crippen molar-refractivity contribution in [3.8, 4) is 0 Å². The number of halogens is 2. The van der Waals surface area contributed by atoms with Crippen LogP contribution in [0.1, 0.15) is 23.7 Å². The highest BCUT2D eigenvalue weighted by Gasteiger charge is 2.22. The molecule has 108 valence electrons. The maximum absolute atomic E-state index is 12.6. The van der Waals surface area contributed by atoms with E-state index in [9.17, 15) is 9.59 Å². The Morgan fingerprint density at radius 2 is 1.80 bits per heavy atom. The molecule has 1 aromatic carbocycles. The highest BCUT2D eigenvalue weighted by molar-refractivity contribution is 14.1. The van der Waals surface area contributed by atoms with Gasteiger partial charge in [-0.15, -0.1) is 0 Å². The largest absolute Gasteiger partial charge is 0.341 e. The molecule has 2 amide bonds. The van der Waals surface area contributed by atoms with Crippen LogP contribution in [0.2, 0.25) is 0 Å². The number of carbonyl (C=O) groups excluding carboxylic acids is 2. The molecule has 0 aromatic heterocycles. The minimum Gasteiger partial charge on any atom is -0.341 e. The van der Waals surface area contributed by atoms with Gasteiger partial charge in [0.2, 0.25) is 5.91 Å². The van der Waals surface area contributed by atoms with Crippen LogP contribution in [-0.2, 0) is 4.79 Å². The van der Waals surface area contributed by atoms with Gasteiger partial charge in [-0.2, -0.15) is 0 Å². The second-order valence-electron chi connectivity index (χ2n) is 4.78. The number of carbonyl (C=O) groups is 2. The summed E-state index contributed by atoms with van der Waals surface area (Å²) >= 11 is 5.59. The molecule has 1 fully saturated rings. The molecule has 6 heteroatoms. The Kier molecular flexibility index (Phi) is 5.42. The van der Waals surface area contributed by atoms with E-state index in [1.54, 1.807) is 11.8 Å². The summed E-state index contributed by atoms with van der Waals surface area (Å²) < 4.78 is 1.85. The molecule has 1 aromatic rings. The smallest absolute Gasteiger partial charge is 0.255 e. The summed E-state index contributed by atoms with van der Waals surface area (Å²) in [6, 6.07) is 5.72. The van der Waals surface area contributed by atoms with Crippen LogP contribution in [0.4, 0.5) is 0 Å². The maximum Gasteiger partial charge on any atom is 0.255 e. The van der Waals surface area contributed by atoms with Crippen molar-refractivity contribution in [2.75, 3.05) is 26.2 Å². The first-order chi connectivity index (χ1) is 9.49. The zero-order valence-corrected chi connectivity index (χ0v) is 15.0. The Morgan fingerprint density at radius 1 is 1.15 bits per heavy atom. The molecule has 0 atom stereocenters. The fourth-order valence-corrected chi connectivity index (χ4v) is 3.19. The number of amides is 2. The quantitative estimate of drug-likeness (QED) is 0.617. The zero-order valence-electron chi connectivity index (χ0n) is 11.2. The minimum atomic E-state index is 0.0427. The average molecular weight is 451 g/mol. The number of nitrogens with zero attached hydrogens (tertiary/aromatic N) is 2. The highest BCUT2D eigenvalue weighted by atomic mass is 127. The summed E-state index contributed by atoms with van der Waals surface area (Å²) in [5.74, 6) is 0.123. The second kappa shape index (κ2) is 6.89. The van der Waals surface area contributed by atoms with Gasteiger partial charge in [-0.3, -0.25) is 9.59 Å². The summed E-state index contributed by atoms with van der Waals surface area (Å²) in [7, 11) is 0. The van der Waals surface area contributed by atoms with Gasteiger partial charge in [0.1, 0.15) is 0 Å². The Morgan fingerprint density at radius 3 is 2.50 bits per heavy atom. The van der Waals surface area contributed by atoms with Gasteiger partial charge in [0, 0.05) is 41.1 Å². The van der Waals surface area contributed by atoms with Crippen molar-refractivity contribution in [3.63, 3.8) is 0 Å². The molecule has 0 N–H and O–H groups in total. The Balaban J connectivity index is 2.13. The van der Waals surface area contributed by atoms with Crippen LogP contribution in [0, 0.1) is 3.57 Å². The molecule has 0 unspecified atom stereocenters. The van der Waals surface area contributed by atoms with Crippen LogP contribution in [0.3, 0.4) is 0 Å². The van der Waals surface area contributed by atoms with Gasteiger partial charge in [0.15, 0.2) is 0 Å². The third kappa shape index (κ3) is 3.72. The predicted molar refractivity (Wildman–Crippen MR) is 89.6 cm³/mol. The van der Waals surface area contributed by atoms with Crippen molar-refractivity contribution in [3.05, 3.63) is 31.8 Å². The molecule has 2 rings (SSSR count). The first-order valence-corrected chi connectivity index (χ1v) is 8.36. The first kappa shape index (κ1) is 15.8. The van der Waals surface area contributed by atoms with E-state index < -0.39 is 0 Å². The Bertz CT molecular complexity index is 536. The van der Waals surface area contributed by atoms with E-state index in [-0.39, 0.29) is 11.8 Å². The van der Waals surface area contributed by atoms with Gasteiger partial charge < -0.3 is 9.80 Å². The number of benzene rings is 1. The molecular weight excluding hydrogens is 435 g/mol. The van der Waals surface area contributed by atoms with Crippen LogP contribution in [0.5, 0.6) is 0 Å². The number of rotatable bonds is 1. The molecule has 0 saturated carbocycles. The van der Waals surface area contributed by atoms with E-state index in [1.165, 1.54) is 0 Å². The molecule has 0 aliphatic carbocycles. The van der Waals surface area contributed by atoms with Crippen LogP contribution >= 0.6 is 38.5 Å². The molecule has 0 spiro atoms. The topological polar surface area (TPSA) is 40.6 Å². The second-order valence-corrected chi connectivity index (χ2v) is 6.85.